The molecule has 110 valence electrons. The van der Waals surface area contributed by atoms with Gasteiger partial charge < -0.3 is 15.3 Å². The van der Waals surface area contributed by atoms with Gasteiger partial charge >= 0.3 is 12.0 Å². The van der Waals surface area contributed by atoms with Crippen molar-refractivity contribution in [1.82, 2.24) is 10.2 Å². The summed E-state index contributed by atoms with van der Waals surface area (Å²) in [5.41, 5.74) is 0. The van der Waals surface area contributed by atoms with Crippen molar-refractivity contribution in [2.24, 2.45) is 11.8 Å². The number of nitrogens with zero attached hydrogens (tertiary/aromatic N) is 1. The predicted octanol–water partition coefficient (Wildman–Crippen LogP) is 2.32. The average Bonchev–Trinajstić information content (AvgIpc) is 2.36. The van der Waals surface area contributed by atoms with Crippen LogP contribution in [0.5, 0.6) is 0 Å². The summed E-state index contributed by atoms with van der Waals surface area (Å²) in [4.78, 5) is 23.8. The fraction of sp³-hybridized carbons (Fsp3) is 0.857. The van der Waals surface area contributed by atoms with Gasteiger partial charge in [-0.1, -0.05) is 13.8 Å². The average molecular weight is 270 g/mol. The molecule has 0 aromatic rings. The number of carboxylic acid groups (broad SMARTS) is 1. The summed E-state index contributed by atoms with van der Waals surface area (Å²) < 4.78 is 0. The van der Waals surface area contributed by atoms with Gasteiger partial charge in [0.15, 0.2) is 0 Å². The number of carboxylic acids is 1. The number of aliphatic carboxylic acids is 1. The van der Waals surface area contributed by atoms with E-state index in [1.54, 1.807) is 7.05 Å². The van der Waals surface area contributed by atoms with Gasteiger partial charge in [-0.25, -0.2) is 4.79 Å². The Labute approximate surface area is 115 Å². The molecule has 1 rings (SSSR count). The maximum absolute atomic E-state index is 11.9. The maximum atomic E-state index is 11.9. The Morgan fingerprint density at radius 1 is 1.26 bits per heavy atom. The van der Waals surface area contributed by atoms with Gasteiger partial charge in [0.25, 0.3) is 0 Å². The molecule has 1 aliphatic rings. The first-order valence-corrected chi connectivity index (χ1v) is 7.13. The van der Waals surface area contributed by atoms with E-state index in [1.807, 2.05) is 0 Å². The lowest BCUT2D eigenvalue weighted by Gasteiger charge is -2.32. The fourth-order valence-corrected chi connectivity index (χ4v) is 2.58. The van der Waals surface area contributed by atoms with E-state index in [2.05, 4.69) is 19.2 Å². The molecule has 0 saturated heterocycles. The van der Waals surface area contributed by atoms with E-state index in [0.717, 1.165) is 24.7 Å². The summed E-state index contributed by atoms with van der Waals surface area (Å²) in [5, 5.41) is 11.6. The first-order chi connectivity index (χ1) is 8.90. The number of hydrogen-bond acceptors (Lipinski definition) is 2. The van der Waals surface area contributed by atoms with Crippen LogP contribution >= 0.6 is 0 Å². The van der Waals surface area contributed by atoms with Crippen LogP contribution in [0.4, 0.5) is 4.79 Å². The topological polar surface area (TPSA) is 69.6 Å². The monoisotopic (exact) mass is 270 g/mol. The van der Waals surface area contributed by atoms with Crippen molar-refractivity contribution in [1.29, 1.82) is 0 Å². The van der Waals surface area contributed by atoms with Crippen molar-refractivity contribution in [2.75, 3.05) is 13.6 Å². The third kappa shape index (κ3) is 5.49. The smallest absolute Gasteiger partial charge is 0.317 e. The lowest BCUT2D eigenvalue weighted by molar-refractivity contribution is -0.137. The molecule has 2 amide bonds. The molecule has 5 heteroatoms. The van der Waals surface area contributed by atoms with E-state index < -0.39 is 5.97 Å². The van der Waals surface area contributed by atoms with E-state index in [-0.39, 0.29) is 25.0 Å². The van der Waals surface area contributed by atoms with E-state index in [4.69, 9.17) is 5.11 Å². The summed E-state index contributed by atoms with van der Waals surface area (Å²) >= 11 is 0. The second-order valence-electron chi connectivity index (χ2n) is 5.87. The van der Waals surface area contributed by atoms with E-state index >= 15 is 0 Å². The van der Waals surface area contributed by atoms with Gasteiger partial charge in [-0.3, -0.25) is 4.79 Å². The summed E-state index contributed by atoms with van der Waals surface area (Å²) in [6.45, 7) is 4.76. The molecule has 0 aromatic heterocycles. The zero-order valence-corrected chi connectivity index (χ0v) is 12.2. The van der Waals surface area contributed by atoms with Crippen molar-refractivity contribution in [2.45, 2.75) is 52.0 Å². The molecule has 0 aliphatic heterocycles. The van der Waals surface area contributed by atoms with Gasteiger partial charge in [-0.2, -0.15) is 0 Å². The molecule has 5 nitrogen and oxygen atoms in total. The second-order valence-corrected chi connectivity index (χ2v) is 5.87. The molecule has 0 unspecified atom stereocenters. The molecule has 0 atom stereocenters. The highest BCUT2D eigenvalue weighted by Crippen LogP contribution is 2.29. The number of hydrogen-bond donors (Lipinski definition) is 2. The van der Waals surface area contributed by atoms with Gasteiger partial charge in [0.2, 0.25) is 0 Å². The van der Waals surface area contributed by atoms with E-state index in [1.165, 1.54) is 17.7 Å². The lowest BCUT2D eigenvalue weighted by atomic mass is 9.80. The molecule has 0 heterocycles. The number of urea groups is 1. The minimum Gasteiger partial charge on any atom is -0.481 e. The van der Waals surface area contributed by atoms with Crippen LogP contribution in [-0.2, 0) is 4.79 Å². The van der Waals surface area contributed by atoms with Crippen LogP contribution in [0.1, 0.15) is 46.0 Å². The molecule has 1 aliphatic carbocycles. The largest absolute Gasteiger partial charge is 0.481 e. The highest BCUT2D eigenvalue weighted by atomic mass is 16.4. The summed E-state index contributed by atoms with van der Waals surface area (Å²) in [5.74, 6) is 0.616. The molecule has 0 radical (unpaired) electrons. The van der Waals surface area contributed by atoms with Crippen LogP contribution in [0.15, 0.2) is 0 Å². The van der Waals surface area contributed by atoms with Gasteiger partial charge in [0.1, 0.15) is 0 Å². The van der Waals surface area contributed by atoms with Crippen LogP contribution in [0.3, 0.4) is 0 Å². The third-order valence-corrected chi connectivity index (χ3v) is 4.05. The zero-order valence-electron chi connectivity index (χ0n) is 12.2. The molecule has 2 N–H and O–H groups in total. The SMILES string of the molecule is CC(C)C1CCC(NC(=O)N(C)CCC(=O)O)CC1. The number of rotatable bonds is 5. The number of amides is 2. The van der Waals surface area contributed by atoms with Gasteiger partial charge in [0.05, 0.1) is 6.42 Å². The molecule has 0 bridgehead atoms. The van der Waals surface area contributed by atoms with Crippen LogP contribution in [-0.4, -0.2) is 41.6 Å². The van der Waals surface area contributed by atoms with Crippen molar-refractivity contribution in [3.8, 4) is 0 Å². The highest BCUT2D eigenvalue weighted by Gasteiger charge is 2.24. The summed E-state index contributed by atoms with van der Waals surface area (Å²) in [7, 11) is 1.64. The molecular formula is C14H26N2O3. The molecule has 0 spiro atoms. The number of carbonyl (C=O) groups is 2. The lowest BCUT2D eigenvalue weighted by Crippen LogP contribution is -2.45. The minimum absolute atomic E-state index is 0.00991. The molecule has 19 heavy (non-hydrogen) atoms. The molecule has 1 fully saturated rings. The summed E-state index contributed by atoms with van der Waals surface area (Å²) in [6, 6.07) is 0.0871. The first-order valence-electron chi connectivity index (χ1n) is 7.13. The molecule has 1 saturated carbocycles. The Kier molecular flexibility index (Phi) is 6.12. The zero-order chi connectivity index (χ0) is 14.4. The van der Waals surface area contributed by atoms with Crippen LogP contribution in [0, 0.1) is 11.8 Å². The maximum Gasteiger partial charge on any atom is 0.317 e. The van der Waals surface area contributed by atoms with Gasteiger partial charge in [-0.05, 0) is 37.5 Å². The Morgan fingerprint density at radius 3 is 2.32 bits per heavy atom. The number of nitrogens with one attached hydrogen (secondary N) is 1. The van der Waals surface area contributed by atoms with Crippen molar-refractivity contribution in [3.63, 3.8) is 0 Å². The van der Waals surface area contributed by atoms with Crippen LogP contribution in [0.25, 0.3) is 0 Å². The van der Waals surface area contributed by atoms with Crippen LogP contribution < -0.4 is 5.32 Å². The minimum atomic E-state index is -0.878. The Bertz CT molecular complexity index is 310. The normalized spacial score (nSPS) is 23.2. The summed E-state index contributed by atoms with van der Waals surface area (Å²) in [6.07, 6.45) is 4.38. The third-order valence-electron chi connectivity index (χ3n) is 4.05. The number of carbonyl (C=O) groups excluding carboxylic acids is 1. The van der Waals surface area contributed by atoms with E-state index in [9.17, 15) is 9.59 Å². The Balaban J connectivity index is 2.28. The van der Waals surface area contributed by atoms with Crippen molar-refractivity contribution >= 4 is 12.0 Å². The molecule has 0 aromatic carbocycles. The Morgan fingerprint density at radius 2 is 1.84 bits per heavy atom. The van der Waals surface area contributed by atoms with Gasteiger partial charge in [0, 0.05) is 19.6 Å². The fourth-order valence-electron chi connectivity index (χ4n) is 2.58. The van der Waals surface area contributed by atoms with Crippen molar-refractivity contribution < 1.29 is 14.7 Å². The molecular weight excluding hydrogens is 244 g/mol. The standard InChI is InChI=1S/C14H26N2O3/c1-10(2)11-4-6-12(7-5-11)15-14(19)16(3)9-8-13(17)18/h10-12H,4-9H2,1-3H3,(H,15,19)(H,17,18). The van der Waals surface area contributed by atoms with E-state index in [0.29, 0.717) is 0 Å². The van der Waals surface area contributed by atoms with Gasteiger partial charge in [-0.15, -0.1) is 0 Å². The predicted molar refractivity (Wildman–Crippen MR) is 74.0 cm³/mol. The highest BCUT2D eigenvalue weighted by molar-refractivity contribution is 5.75. The quantitative estimate of drug-likeness (QED) is 0.805. The Hall–Kier alpha value is -1.26. The van der Waals surface area contributed by atoms with Crippen molar-refractivity contribution in [3.05, 3.63) is 0 Å². The second kappa shape index (κ2) is 7.36. The first kappa shape index (κ1) is 15.8. The van der Waals surface area contributed by atoms with Crippen LogP contribution in [0.2, 0.25) is 0 Å².